The van der Waals surface area contributed by atoms with E-state index in [-0.39, 0.29) is 12.4 Å². The summed E-state index contributed by atoms with van der Waals surface area (Å²) >= 11 is 0. The molecule has 5 heteroatoms. The third-order valence-electron chi connectivity index (χ3n) is 2.01. The van der Waals surface area contributed by atoms with Crippen LogP contribution in [0.15, 0.2) is 37.1 Å². The first kappa shape index (κ1) is 15.9. The third kappa shape index (κ3) is 8.71. The van der Waals surface area contributed by atoms with Crippen molar-refractivity contribution in [3.8, 4) is 0 Å². The van der Waals surface area contributed by atoms with Crippen molar-refractivity contribution in [2.75, 3.05) is 25.4 Å². The van der Waals surface area contributed by atoms with Gasteiger partial charge >= 0.3 is 0 Å². The van der Waals surface area contributed by atoms with Gasteiger partial charge in [-0.3, -0.25) is 4.18 Å². The molecule has 4 nitrogen and oxygen atoms in total. The first-order valence-corrected chi connectivity index (χ1v) is 7.18. The smallest absolute Gasteiger partial charge is 0.267 e. The molecule has 1 rings (SSSR count). The molecular weight excluding hydrogens is 238 g/mol. The van der Waals surface area contributed by atoms with Crippen molar-refractivity contribution in [2.45, 2.75) is 13.8 Å². The van der Waals surface area contributed by atoms with Crippen molar-refractivity contribution >= 4 is 10.1 Å². The molecule has 0 N–H and O–H groups in total. The van der Waals surface area contributed by atoms with Gasteiger partial charge in [0.1, 0.15) is 0 Å². The Labute approximate surface area is 104 Å². The van der Waals surface area contributed by atoms with Crippen LogP contribution in [-0.4, -0.2) is 38.8 Å². The molecule has 0 aromatic carbocycles. The first-order valence-electron chi connectivity index (χ1n) is 5.61. The summed E-state index contributed by atoms with van der Waals surface area (Å²) in [7, 11) is -3.25. The maximum absolute atomic E-state index is 10.5. The van der Waals surface area contributed by atoms with Crippen LogP contribution in [0.2, 0.25) is 0 Å². The second-order valence-corrected chi connectivity index (χ2v) is 5.21. The fraction of sp³-hybridized carbons (Fsp3) is 0.500. The van der Waals surface area contributed by atoms with Crippen molar-refractivity contribution in [1.29, 1.82) is 0 Å². The van der Waals surface area contributed by atoms with Crippen LogP contribution in [0.1, 0.15) is 13.8 Å². The Morgan fingerprint density at radius 2 is 2.12 bits per heavy atom. The molecule has 0 amide bonds. The normalized spacial score (nSPS) is 14.1. The van der Waals surface area contributed by atoms with Gasteiger partial charge in [-0.05, 0) is 26.1 Å². The summed E-state index contributed by atoms with van der Waals surface area (Å²) in [5.41, 5.74) is 0. The summed E-state index contributed by atoms with van der Waals surface area (Å²) in [5.74, 6) is 0.0147. The number of hydrogen-bond donors (Lipinski definition) is 0. The summed E-state index contributed by atoms with van der Waals surface area (Å²) in [6.07, 6.45) is 9.80. The number of allylic oxidation sites excluding steroid dienone is 2. The fourth-order valence-corrected chi connectivity index (χ4v) is 1.45. The minimum atomic E-state index is -3.25. The van der Waals surface area contributed by atoms with Crippen LogP contribution in [0.3, 0.4) is 0 Å². The number of nitrogens with zero attached hydrogens (tertiary/aromatic N) is 1. The second kappa shape index (κ2) is 9.01. The zero-order valence-electron chi connectivity index (χ0n) is 10.5. The van der Waals surface area contributed by atoms with E-state index in [4.69, 9.17) is 0 Å². The van der Waals surface area contributed by atoms with Crippen molar-refractivity contribution in [2.24, 2.45) is 0 Å². The molecule has 1 aliphatic heterocycles. The fourth-order valence-electron chi connectivity index (χ4n) is 0.977. The SMILES string of the molecule is C=CCOS(=O)(=O)CC.CCN1C=CC=CC1. The Morgan fingerprint density at radius 3 is 2.47 bits per heavy atom. The molecule has 0 unspecified atom stereocenters. The molecule has 0 bridgehead atoms. The largest absolute Gasteiger partial charge is 0.374 e. The van der Waals surface area contributed by atoms with Gasteiger partial charge in [-0.15, -0.1) is 6.58 Å². The molecule has 1 heterocycles. The predicted molar refractivity (Wildman–Crippen MR) is 71.1 cm³/mol. The quantitative estimate of drug-likeness (QED) is 0.559. The van der Waals surface area contributed by atoms with E-state index < -0.39 is 10.1 Å². The topological polar surface area (TPSA) is 46.6 Å². The van der Waals surface area contributed by atoms with Crippen molar-refractivity contribution in [3.05, 3.63) is 37.1 Å². The molecule has 0 radical (unpaired) electrons. The highest BCUT2D eigenvalue weighted by atomic mass is 32.2. The number of rotatable bonds is 5. The van der Waals surface area contributed by atoms with E-state index in [2.05, 4.69) is 47.0 Å². The van der Waals surface area contributed by atoms with Gasteiger partial charge in [-0.1, -0.05) is 18.2 Å². The zero-order valence-corrected chi connectivity index (χ0v) is 11.3. The summed E-state index contributed by atoms with van der Waals surface area (Å²) in [4.78, 5) is 2.25. The molecular formula is C12H21NO3S. The predicted octanol–water partition coefficient (Wildman–Crippen LogP) is 1.93. The minimum Gasteiger partial charge on any atom is -0.374 e. The van der Waals surface area contributed by atoms with E-state index in [0.29, 0.717) is 0 Å². The molecule has 98 valence electrons. The number of hydrogen-bond acceptors (Lipinski definition) is 4. The van der Waals surface area contributed by atoms with Crippen molar-refractivity contribution in [3.63, 3.8) is 0 Å². The maximum Gasteiger partial charge on any atom is 0.267 e. The minimum absolute atomic E-state index is 0.0147. The highest BCUT2D eigenvalue weighted by Gasteiger charge is 2.03. The molecule has 0 saturated carbocycles. The maximum atomic E-state index is 10.5. The van der Waals surface area contributed by atoms with E-state index >= 15 is 0 Å². The molecule has 0 aromatic heterocycles. The average Bonchev–Trinajstić information content (AvgIpc) is 2.38. The van der Waals surface area contributed by atoms with E-state index in [0.717, 1.165) is 13.1 Å². The average molecular weight is 259 g/mol. The van der Waals surface area contributed by atoms with Crippen LogP contribution in [0.5, 0.6) is 0 Å². The van der Waals surface area contributed by atoms with E-state index in [9.17, 15) is 8.42 Å². The second-order valence-electron chi connectivity index (χ2n) is 3.28. The molecule has 1 aliphatic rings. The molecule has 0 atom stereocenters. The molecule has 17 heavy (non-hydrogen) atoms. The van der Waals surface area contributed by atoms with Crippen LogP contribution in [-0.2, 0) is 14.3 Å². The van der Waals surface area contributed by atoms with E-state index in [1.807, 2.05) is 0 Å². The van der Waals surface area contributed by atoms with Crippen LogP contribution < -0.4 is 0 Å². The third-order valence-corrected chi connectivity index (χ3v) is 3.21. The highest BCUT2D eigenvalue weighted by Crippen LogP contribution is 1.95. The van der Waals surface area contributed by atoms with E-state index in [1.165, 1.54) is 13.0 Å². The summed E-state index contributed by atoms with van der Waals surface area (Å²) < 4.78 is 25.4. The van der Waals surface area contributed by atoms with Crippen LogP contribution >= 0.6 is 0 Å². The highest BCUT2D eigenvalue weighted by molar-refractivity contribution is 7.86. The van der Waals surface area contributed by atoms with Crippen LogP contribution in [0.25, 0.3) is 0 Å². The summed E-state index contributed by atoms with van der Waals surface area (Å²) in [5, 5.41) is 0. The number of likely N-dealkylation sites (N-methyl/N-ethyl adjacent to an activating group) is 1. The van der Waals surface area contributed by atoms with Gasteiger partial charge in [0.25, 0.3) is 10.1 Å². The lowest BCUT2D eigenvalue weighted by atomic mass is 10.3. The van der Waals surface area contributed by atoms with Gasteiger partial charge in [0.05, 0.1) is 12.4 Å². The monoisotopic (exact) mass is 259 g/mol. The first-order chi connectivity index (χ1) is 8.05. The van der Waals surface area contributed by atoms with Crippen LogP contribution in [0, 0.1) is 0 Å². The van der Waals surface area contributed by atoms with Crippen molar-refractivity contribution in [1.82, 2.24) is 4.90 Å². The van der Waals surface area contributed by atoms with Gasteiger partial charge in [0, 0.05) is 13.1 Å². The lowest BCUT2D eigenvalue weighted by Gasteiger charge is -2.16. The van der Waals surface area contributed by atoms with Gasteiger partial charge < -0.3 is 4.90 Å². The Kier molecular flexibility index (Phi) is 8.44. The van der Waals surface area contributed by atoms with E-state index in [1.54, 1.807) is 0 Å². The summed E-state index contributed by atoms with van der Waals surface area (Å²) in [6, 6.07) is 0. The molecule has 0 saturated heterocycles. The molecule has 0 aliphatic carbocycles. The summed E-state index contributed by atoms with van der Waals surface area (Å²) in [6.45, 7) is 9.25. The Balaban J connectivity index is 0.000000302. The lowest BCUT2D eigenvalue weighted by Crippen LogP contribution is -2.17. The van der Waals surface area contributed by atoms with Crippen molar-refractivity contribution < 1.29 is 12.6 Å². The Bertz CT molecular complexity index is 358. The van der Waals surface area contributed by atoms with Gasteiger partial charge in [-0.25, -0.2) is 0 Å². The zero-order chi connectivity index (χ0) is 13.1. The lowest BCUT2D eigenvalue weighted by molar-refractivity contribution is 0.358. The van der Waals surface area contributed by atoms with Crippen LogP contribution in [0.4, 0.5) is 0 Å². The van der Waals surface area contributed by atoms with Gasteiger partial charge in [-0.2, -0.15) is 8.42 Å². The Morgan fingerprint density at radius 1 is 1.41 bits per heavy atom. The van der Waals surface area contributed by atoms with Gasteiger partial charge in [0.2, 0.25) is 0 Å². The molecule has 0 fully saturated rings. The van der Waals surface area contributed by atoms with Gasteiger partial charge in [0.15, 0.2) is 0 Å². The Hall–Kier alpha value is -1.07. The molecule has 0 spiro atoms. The standard InChI is InChI=1S/C7H11N.C5H10O3S/c1-2-8-6-4-3-5-7-8;1-3-5-8-9(6,7)4-2/h3-6H,2,7H2,1H3;3H,1,4-5H2,2H3. The molecule has 0 aromatic rings.